The maximum absolute atomic E-state index is 11.2. The number of para-hydroxylation sites is 1. The van der Waals surface area contributed by atoms with E-state index < -0.39 is 24.3 Å². The number of aliphatic hydroxyl groups is 1. The van der Waals surface area contributed by atoms with E-state index in [1.54, 1.807) is 24.3 Å². The summed E-state index contributed by atoms with van der Waals surface area (Å²) < 4.78 is 5.67. The topological polar surface area (TPSA) is 83.8 Å². The lowest BCUT2D eigenvalue weighted by Gasteiger charge is -2.15. The zero-order valence-electron chi connectivity index (χ0n) is 11.8. The summed E-state index contributed by atoms with van der Waals surface area (Å²) in [5.74, 6) is -2.16. The van der Waals surface area contributed by atoms with E-state index >= 15 is 0 Å². The summed E-state index contributed by atoms with van der Waals surface area (Å²) in [5, 5.41) is 18.7. The maximum Gasteiger partial charge on any atom is 0.372 e. The van der Waals surface area contributed by atoms with E-state index in [0.717, 1.165) is 5.56 Å². The van der Waals surface area contributed by atoms with E-state index in [0.29, 0.717) is 17.9 Å². The SMILES string of the molecule is O=C(O)C(=O)CC(O)c1ccccc1OCc1ccccc1. The molecule has 0 aliphatic rings. The summed E-state index contributed by atoms with van der Waals surface area (Å²) in [6.07, 6.45) is -1.70. The van der Waals surface area contributed by atoms with Crippen LogP contribution >= 0.6 is 0 Å². The van der Waals surface area contributed by atoms with Gasteiger partial charge in [-0.3, -0.25) is 4.79 Å². The predicted octanol–water partition coefficient (Wildman–Crippen LogP) is 2.34. The number of hydrogen-bond acceptors (Lipinski definition) is 4. The molecule has 1 atom stereocenters. The van der Waals surface area contributed by atoms with Gasteiger partial charge in [-0.05, 0) is 11.6 Å². The zero-order valence-corrected chi connectivity index (χ0v) is 11.8. The van der Waals surface area contributed by atoms with Crippen molar-refractivity contribution in [1.82, 2.24) is 0 Å². The number of benzene rings is 2. The Balaban J connectivity index is 2.09. The smallest absolute Gasteiger partial charge is 0.372 e. The number of rotatable bonds is 7. The molecule has 0 saturated carbocycles. The van der Waals surface area contributed by atoms with Crippen molar-refractivity contribution in [2.24, 2.45) is 0 Å². The molecule has 2 N–H and O–H groups in total. The Kier molecular flexibility index (Phi) is 5.27. The highest BCUT2D eigenvalue weighted by molar-refractivity contribution is 6.32. The van der Waals surface area contributed by atoms with Gasteiger partial charge >= 0.3 is 5.97 Å². The fourth-order valence-corrected chi connectivity index (χ4v) is 2.00. The van der Waals surface area contributed by atoms with Gasteiger partial charge in [0, 0.05) is 12.0 Å². The highest BCUT2D eigenvalue weighted by atomic mass is 16.5. The van der Waals surface area contributed by atoms with Gasteiger partial charge in [-0.25, -0.2) is 4.79 Å². The van der Waals surface area contributed by atoms with Crippen molar-refractivity contribution in [3.05, 3.63) is 65.7 Å². The zero-order chi connectivity index (χ0) is 15.9. The first kappa shape index (κ1) is 15.7. The monoisotopic (exact) mass is 300 g/mol. The van der Waals surface area contributed by atoms with Crippen molar-refractivity contribution in [3.63, 3.8) is 0 Å². The van der Waals surface area contributed by atoms with Gasteiger partial charge in [-0.15, -0.1) is 0 Å². The molecule has 0 amide bonds. The number of carbonyl (C=O) groups excluding carboxylic acids is 1. The van der Waals surface area contributed by atoms with Gasteiger partial charge in [0.05, 0.1) is 6.10 Å². The van der Waals surface area contributed by atoms with E-state index in [1.807, 2.05) is 30.3 Å². The fourth-order valence-electron chi connectivity index (χ4n) is 2.00. The number of hydrogen-bond donors (Lipinski definition) is 2. The summed E-state index contributed by atoms with van der Waals surface area (Å²) in [5.41, 5.74) is 1.36. The molecular weight excluding hydrogens is 284 g/mol. The van der Waals surface area contributed by atoms with Gasteiger partial charge in [0.15, 0.2) is 0 Å². The number of ether oxygens (including phenoxy) is 1. The van der Waals surface area contributed by atoms with Crippen LogP contribution in [0.25, 0.3) is 0 Å². The maximum atomic E-state index is 11.2. The van der Waals surface area contributed by atoms with Crippen molar-refractivity contribution in [2.75, 3.05) is 0 Å². The molecular formula is C17H16O5. The molecule has 0 bridgehead atoms. The Hall–Kier alpha value is -2.66. The van der Waals surface area contributed by atoms with Crippen LogP contribution in [0, 0.1) is 0 Å². The minimum Gasteiger partial charge on any atom is -0.489 e. The number of Topliss-reactive ketones (excluding diaryl/α,β-unsaturated/α-hetero) is 1. The minimum atomic E-state index is -1.55. The van der Waals surface area contributed by atoms with Crippen molar-refractivity contribution >= 4 is 11.8 Å². The lowest BCUT2D eigenvalue weighted by atomic mass is 10.0. The van der Waals surface area contributed by atoms with E-state index in [9.17, 15) is 14.7 Å². The molecule has 114 valence electrons. The molecule has 0 aromatic heterocycles. The van der Waals surface area contributed by atoms with Gasteiger partial charge in [0.2, 0.25) is 5.78 Å². The van der Waals surface area contributed by atoms with Gasteiger partial charge in [0.1, 0.15) is 12.4 Å². The second kappa shape index (κ2) is 7.38. The molecule has 0 aliphatic heterocycles. The molecule has 2 rings (SSSR count). The second-order valence-electron chi connectivity index (χ2n) is 4.76. The van der Waals surface area contributed by atoms with E-state index in [-0.39, 0.29) is 0 Å². The third-order valence-electron chi connectivity index (χ3n) is 3.13. The van der Waals surface area contributed by atoms with Gasteiger partial charge in [0.25, 0.3) is 0 Å². The molecule has 5 heteroatoms. The molecule has 2 aromatic rings. The fraction of sp³-hybridized carbons (Fsp3) is 0.176. The number of aliphatic hydroxyl groups excluding tert-OH is 1. The van der Waals surface area contributed by atoms with Crippen molar-refractivity contribution in [1.29, 1.82) is 0 Å². The van der Waals surface area contributed by atoms with Gasteiger partial charge in [-0.1, -0.05) is 48.5 Å². The standard InChI is InChI=1S/C17H16O5/c18-14(10-15(19)17(20)21)13-8-4-5-9-16(13)22-11-12-6-2-1-3-7-12/h1-9,14,18H,10-11H2,(H,20,21). The first-order valence-corrected chi connectivity index (χ1v) is 6.77. The molecule has 0 aliphatic carbocycles. The molecule has 5 nitrogen and oxygen atoms in total. The minimum absolute atomic E-state index is 0.317. The number of ketones is 1. The largest absolute Gasteiger partial charge is 0.489 e. The number of carboxylic acids is 1. The average molecular weight is 300 g/mol. The highest BCUT2D eigenvalue weighted by Crippen LogP contribution is 2.28. The number of carbonyl (C=O) groups is 2. The highest BCUT2D eigenvalue weighted by Gasteiger charge is 2.21. The third-order valence-corrected chi connectivity index (χ3v) is 3.13. The van der Waals surface area contributed by atoms with E-state index in [2.05, 4.69) is 0 Å². The Morgan fingerprint density at radius 1 is 1.00 bits per heavy atom. The molecule has 1 unspecified atom stereocenters. The lowest BCUT2D eigenvalue weighted by Crippen LogP contribution is -2.16. The van der Waals surface area contributed by atoms with E-state index in [4.69, 9.17) is 9.84 Å². The van der Waals surface area contributed by atoms with Crippen LogP contribution in [0.1, 0.15) is 23.7 Å². The lowest BCUT2D eigenvalue weighted by molar-refractivity contribution is -0.150. The van der Waals surface area contributed by atoms with Gasteiger partial charge in [-0.2, -0.15) is 0 Å². The number of aliphatic carboxylic acids is 1. The predicted molar refractivity (Wildman–Crippen MR) is 79.4 cm³/mol. The summed E-state index contributed by atoms with van der Waals surface area (Å²) in [6, 6.07) is 16.2. The summed E-state index contributed by atoms with van der Waals surface area (Å²) in [7, 11) is 0. The Morgan fingerprint density at radius 2 is 1.64 bits per heavy atom. The Labute approximate surface area is 127 Å². The Bertz CT molecular complexity index is 651. The van der Waals surface area contributed by atoms with E-state index in [1.165, 1.54) is 0 Å². The van der Waals surface area contributed by atoms with Crippen LogP contribution in [0.3, 0.4) is 0 Å². The first-order valence-electron chi connectivity index (χ1n) is 6.77. The molecule has 0 fully saturated rings. The van der Waals surface area contributed by atoms with Crippen LogP contribution in [0.4, 0.5) is 0 Å². The van der Waals surface area contributed by atoms with Crippen LogP contribution in [0.2, 0.25) is 0 Å². The Morgan fingerprint density at radius 3 is 2.32 bits per heavy atom. The molecule has 2 aromatic carbocycles. The molecule has 0 radical (unpaired) electrons. The van der Waals surface area contributed by atoms with Crippen molar-refractivity contribution in [2.45, 2.75) is 19.1 Å². The molecule has 0 spiro atoms. The van der Waals surface area contributed by atoms with Crippen LogP contribution in [-0.2, 0) is 16.2 Å². The summed E-state index contributed by atoms with van der Waals surface area (Å²) >= 11 is 0. The number of carboxylic acid groups (broad SMARTS) is 1. The molecule has 0 heterocycles. The van der Waals surface area contributed by atoms with Crippen LogP contribution in [0.5, 0.6) is 5.75 Å². The first-order chi connectivity index (χ1) is 10.6. The summed E-state index contributed by atoms with van der Waals surface area (Å²) in [6.45, 7) is 0.317. The van der Waals surface area contributed by atoms with Crippen LogP contribution in [-0.4, -0.2) is 22.0 Å². The van der Waals surface area contributed by atoms with Crippen LogP contribution in [0.15, 0.2) is 54.6 Å². The van der Waals surface area contributed by atoms with Crippen molar-refractivity contribution < 1.29 is 24.5 Å². The van der Waals surface area contributed by atoms with Crippen molar-refractivity contribution in [3.8, 4) is 5.75 Å². The molecule has 22 heavy (non-hydrogen) atoms. The molecule has 0 saturated heterocycles. The third kappa shape index (κ3) is 4.17. The van der Waals surface area contributed by atoms with Crippen LogP contribution < -0.4 is 4.74 Å². The average Bonchev–Trinajstić information content (AvgIpc) is 2.54. The van der Waals surface area contributed by atoms with Gasteiger partial charge < -0.3 is 14.9 Å². The second-order valence-corrected chi connectivity index (χ2v) is 4.76. The summed E-state index contributed by atoms with van der Waals surface area (Å²) in [4.78, 5) is 21.8. The quantitative estimate of drug-likeness (QED) is 0.767. The normalized spacial score (nSPS) is 11.7.